The number of aliphatic carboxylic acids is 1. The molecule has 1 aromatic carbocycles. The summed E-state index contributed by atoms with van der Waals surface area (Å²) in [5.41, 5.74) is 2.09. The van der Waals surface area contributed by atoms with Crippen LogP contribution in [0, 0.1) is 6.92 Å². The van der Waals surface area contributed by atoms with Gasteiger partial charge in [0.05, 0.1) is 12.2 Å². The molecule has 2 rings (SSSR count). The third-order valence-corrected chi connectivity index (χ3v) is 4.59. The lowest BCUT2D eigenvalue weighted by Crippen LogP contribution is -2.39. The molecule has 8 heteroatoms. The van der Waals surface area contributed by atoms with Crippen molar-refractivity contribution in [2.75, 3.05) is 12.3 Å². The molecule has 0 saturated carbocycles. The van der Waals surface area contributed by atoms with E-state index in [4.69, 9.17) is 5.11 Å². The second-order valence-corrected chi connectivity index (χ2v) is 6.87. The minimum absolute atomic E-state index is 0.0533. The number of carboxylic acids is 1. The van der Waals surface area contributed by atoms with Crippen LogP contribution < -0.4 is 0 Å². The van der Waals surface area contributed by atoms with Gasteiger partial charge in [-0.15, -0.1) is 10.2 Å². The fraction of sp³-hybridized carbons (Fsp3) is 0.412. The van der Waals surface area contributed by atoms with Crippen LogP contribution in [-0.2, 0) is 9.59 Å². The largest absolute Gasteiger partial charge is 0.481 e. The summed E-state index contributed by atoms with van der Waals surface area (Å²) in [6.07, 6.45) is 1.55. The monoisotopic (exact) mass is 362 g/mol. The van der Waals surface area contributed by atoms with Gasteiger partial charge in [0, 0.05) is 18.3 Å². The molecule has 0 aliphatic carbocycles. The molecule has 0 spiro atoms. The molecule has 25 heavy (non-hydrogen) atoms. The lowest BCUT2D eigenvalue weighted by Gasteiger charge is -2.26. The second-order valence-electron chi connectivity index (χ2n) is 5.93. The first-order valence-corrected chi connectivity index (χ1v) is 8.98. The maximum Gasteiger partial charge on any atom is 0.305 e. The fourth-order valence-corrected chi connectivity index (χ4v) is 3.12. The van der Waals surface area contributed by atoms with Gasteiger partial charge in [-0.3, -0.25) is 14.2 Å². The molecule has 0 fully saturated rings. The van der Waals surface area contributed by atoms with Crippen molar-refractivity contribution in [3.05, 3.63) is 36.2 Å². The number of carbonyl (C=O) groups is 2. The van der Waals surface area contributed by atoms with Crippen molar-refractivity contribution in [1.29, 1.82) is 0 Å². The van der Waals surface area contributed by atoms with Crippen LogP contribution in [0.25, 0.3) is 5.69 Å². The number of carbonyl (C=O) groups excluding carboxylic acids is 1. The fourth-order valence-electron chi connectivity index (χ4n) is 2.30. The average molecular weight is 362 g/mol. The maximum atomic E-state index is 12.4. The van der Waals surface area contributed by atoms with Crippen molar-refractivity contribution in [1.82, 2.24) is 19.7 Å². The Balaban J connectivity index is 2.03. The Hall–Kier alpha value is -2.35. The summed E-state index contributed by atoms with van der Waals surface area (Å²) in [6.45, 7) is 5.97. The molecule has 1 aromatic heterocycles. The van der Waals surface area contributed by atoms with Crippen molar-refractivity contribution >= 4 is 23.6 Å². The van der Waals surface area contributed by atoms with Crippen LogP contribution in [0.15, 0.2) is 35.7 Å². The number of hydrogen-bond donors (Lipinski definition) is 1. The number of thioether (sulfide) groups is 1. The van der Waals surface area contributed by atoms with Crippen LogP contribution in [0.5, 0.6) is 0 Å². The summed E-state index contributed by atoms with van der Waals surface area (Å²) < 4.78 is 1.83. The number of hydrogen-bond acceptors (Lipinski definition) is 5. The number of rotatable bonds is 8. The summed E-state index contributed by atoms with van der Waals surface area (Å²) in [4.78, 5) is 24.8. The van der Waals surface area contributed by atoms with Crippen LogP contribution in [0.1, 0.15) is 25.8 Å². The molecule has 0 atom stereocenters. The second kappa shape index (κ2) is 8.66. The SMILES string of the molecule is Cc1ccc(-n2cnnc2SCC(=O)N(CCC(=O)O)C(C)C)cc1. The van der Waals surface area contributed by atoms with E-state index in [0.717, 1.165) is 11.3 Å². The highest BCUT2D eigenvalue weighted by molar-refractivity contribution is 7.99. The van der Waals surface area contributed by atoms with Crippen molar-refractivity contribution in [3.8, 4) is 5.69 Å². The van der Waals surface area contributed by atoms with Gasteiger partial charge in [-0.1, -0.05) is 29.5 Å². The summed E-state index contributed by atoms with van der Waals surface area (Å²) in [7, 11) is 0. The zero-order chi connectivity index (χ0) is 18.4. The number of aromatic nitrogens is 3. The average Bonchev–Trinajstić information content (AvgIpc) is 3.01. The van der Waals surface area contributed by atoms with Gasteiger partial charge in [0.2, 0.25) is 5.91 Å². The first-order chi connectivity index (χ1) is 11.9. The Labute approximate surface area is 151 Å². The first kappa shape index (κ1) is 19.0. The van der Waals surface area contributed by atoms with E-state index in [9.17, 15) is 9.59 Å². The maximum absolute atomic E-state index is 12.4. The van der Waals surface area contributed by atoms with Crippen LogP contribution in [0.3, 0.4) is 0 Å². The van der Waals surface area contributed by atoms with Gasteiger partial charge in [0.1, 0.15) is 6.33 Å². The van der Waals surface area contributed by atoms with Crippen molar-refractivity contribution < 1.29 is 14.7 Å². The Kier molecular flexibility index (Phi) is 6.58. The number of amides is 1. The molecule has 0 aliphatic heterocycles. The van der Waals surface area contributed by atoms with Crippen LogP contribution in [0.2, 0.25) is 0 Å². The van der Waals surface area contributed by atoms with E-state index in [1.54, 1.807) is 11.2 Å². The van der Waals surface area contributed by atoms with Gasteiger partial charge < -0.3 is 10.0 Å². The van der Waals surface area contributed by atoms with Gasteiger partial charge in [0.25, 0.3) is 0 Å². The minimum Gasteiger partial charge on any atom is -0.481 e. The summed E-state index contributed by atoms with van der Waals surface area (Å²) in [5.74, 6) is -0.840. The molecule has 134 valence electrons. The highest BCUT2D eigenvalue weighted by Crippen LogP contribution is 2.20. The summed E-state index contributed by atoms with van der Waals surface area (Å²) in [6, 6.07) is 7.89. The zero-order valence-electron chi connectivity index (χ0n) is 14.5. The minimum atomic E-state index is -0.912. The van der Waals surface area contributed by atoms with Gasteiger partial charge in [0.15, 0.2) is 5.16 Å². The molecule has 7 nitrogen and oxygen atoms in total. The van der Waals surface area contributed by atoms with Crippen LogP contribution in [-0.4, -0.2) is 55.0 Å². The van der Waals surface area contributed by atoms with E-state index in [-0.39, 0.29) is 30.7 Å². The van der Waals surface area contributed by atoms with Crippen LogP contribution >= 0.6 is 11.8 Å². The smallest absolute Gasteiger partial charge is 0.305 e. The molecule has 0 unspecified atom stereocenters. The quantitative estimate of drug-likeness (QED) is 0.726. The molecule has 1 amide bonds. The predicted molar refractivity (Wildman–Crippen MR) is 95.9 cm³/mol. The van der Waals surface area contributed by atoms with Gasteiger partial charge >= 0.3 is 5.97 Å². The van der Waals surface area contributed by atoms with Gasteiger partial charge in [-0.2, -0.15) is 0 Å². The Morgan fingerprint density at radius 2 is 1.96 bits per heavy atom. The standard InChI is InChI=1S/C17H22N4O3S/c1-12(2)20(9-8-16(23)24)15(22)10-25-17-19-18-11-21(17)14-6-4-13(3)5-7-14/h4-7,11-12H,8-10H2,1-3H3,(H,23,24). The topological polar surface area (TPSA) is 88.3 Å². The molecule has 0 aliphatic rings. The summed E-state index contributed by atoms with van der Waals surface area (Å²) >= 11 is 1.29. The normalized spacial score (nSPS) is 10.9. The van der Waals surface area contributed by atoms with Gasteiger partial charge in [-0.05, 0) is 32.9 Å². The number of aryl methyl sites for hydroxylation is 1. The summed E-state index contributed by atoms with van der Waals surface area (Å²) in [5, 5.41) is 17.5. The van der Waals surface area contributed by atoms with E-state index < -0.39 is 5.97 Å². The number of benzene rings is 1. The first-order valence-electron chi connectivity index (χ1n) is 7.99. The van der Waals surface area contributed by atoms with Crippen molar-refractivity contribution in [3.63, 3.8) is 0 Å². The Bertz CT molecular complexity index is 728. The Morgan fingerprint density at radius 3 is 2.56 bits per heavy atom. The molecule has 0 saturated heterocycles. The van der Waals surface area contributed by atoms with E-state index >= 15 is 0 Å². The number of nitrogens with zero attached hydrogens (tertiary/aromatic N) is 4. The molecule has 1 N–H and O–H groups in total. The third-order valence-electron chi connectivity index (χ3n) is 3.66. The molecule has 0 bridgehead atoms. The van der Waals surface area contributed by atoms with Crippen LogP contribution in [0.4, 0.5) is 0 Å². The molecule has 2 aromatic rings. The molecular weight excluding hydrogens is 340 g/mol. The lowest BCUT2D eigenvalue weighted by atomic mass is 10.2. The predicted octanol–water partition coefficient (Wildman–Crippen LogP) is 2.38. The third kappa shape index (κ3) is 5.32. The number of carboxylic acid groups (broad SMARTS) is 1. The highest BCUT2D eigenvalue weighted by Gasteiger charge is 2.19. The van der Waals surface area contributed by atoms with Crippen molar-refractivity contribution in [2.45, 2.75) is 38.4 Å². The van der Waals surface area contributed by atoms with E-state index in [1.165, 1.54) is 11.8 Å². The molecule has 1 heterocycles. The van der Waals surface area contributed by atoms with Gasteiger partial charge in [-0.25, -0.2) is 0 Å². The molecule has 0 radical (unpaired) electrons. The van der Waals surface area contributed by atoms with E-state index in [1.807, 2.05) is 49.6 Å². The van der Waals surface area contributed by atoms with Crippen molar-refractivity contribution in [2.24, 2.45) is 0 Å². The van der Waals surface area contributed by atoms with E-state index in [0.29, 0.717) is 5.16 Å². The Morgan fingerprint density at radius 1 is 1.28 bits per heavy atom. The zero-order valence-corrected chi connectivity index (χ0v) is 15.4. The van der Waals surface area contributed by atoms with E-state index in [2.05, 4.69) is 10.2 Å². The lowest BCUT2D eigenvalue weighted by molar-refractivity contribution is -0.138. The highest BCUT2D eigenvalue weighted by atomic mass is 32.2. The molecular formula is C17H22N4O3S.